The van der Waals surface area contributed by atoms with Crippen LogP contribution in [0.15, 0.2) is 36.4 Å². The van der Waals surface area contributed by atoms with Gasteiger partial charge < -0.3 is 14.4 Å². The van der Waals surface area contributed by atoms with Crippen molar-refractivity contribution < 1.29 is 18.7 Å². The fourth-order valence-electron chi connectivity index (χ4n) is 3.93. The highest BCUT2D eigenvalue weighted by atomic mass is 35.5. The molecule has 1 aliphatic carbocycles. The molecule has 154 valence electrons. The van der Waals surface area contributed by atoms with Crippen molar-refractivity contribution in [2.45, 2.75) is 38.9 Å². The van der Waals surface area contributed by atoms with Crippen molar-refractivity contribution in [3.8, 4) is 5.88 Å². The van der Waals surface area contributed by atoms with Crippen LogP contribution in [-0.2, 0) is 11.3 Å². The SMILES string of the molecule is CC(C)(C)OC(=O)N1C[C@@H]2C(c3cccc(OCc4ccc(Cl)cc4F)n3)[C@@H]2C1. The second-order valence-electron chi connectivity index (χ2n) is 8.66. The summed E-state index contributed by atoms with van der Waals surface area (Å²) in [5, 5.41) is 0.354. The largest absolute Gasteiger partial charge is 0.473 e. The van der Waals surface area contributed by atoms with E-state index in [0.717, 1.165) is 5.69 Å². The average Bonchev–Trinajstić information content (AvgIpc) is 3.13. The van der Waals surface area contributed by atoms with Crippen molar-refractivity contribution in [3.63, 3.8) is 0 Å². The predicted molar refractivity (Wildman–Crippen MR) is 108 cm³/mol. The third-order valence-electron chi connectivity index (χ3n) is 5.32. The molecule has 0 bridgehead atoms. The molecule has 29 heavy (non-hydrogen) atoms. The summed E-state index contributed by atoms with van der Waals surface area (Å²) in [5.74, 6) is 1.20. The average molecular weight is 419 g/mol. The molecule has 2 aliphatic rings. The van der Waals surface area contributed by atoms with E-state index >= 15 is 0 Å². The van der Waals surface area contributed by atoms with Crippen LogP contribution in [-0.4, -0.2) is 34.7 Å². The Morgan fingerprint density at radius 2 is 1.97 bits per heavy atom. The molecule has 1 aliphatic heterocycles. The zero-order chi connectivity index (χ0) is 20.8. The van der Waals surface area contributed by atoms with Gasteiger partial charge in [-0.1, -0.05) is 23.7 Å². The number of halogens is 2. The first-order valence-corrected chi connectivity index (χ1v) is 10.1. The summed E-state index contributed by atoms with van der Waals surface area (Å²) in [6, 6.07) is 10.2. The quantitative estimate of drug-likeness (QED) is 0.698. The Labute approximate surface area is 174 Å². The van der Waals surface area contributed by atoms with Gasteiger partial charge in [0.2, 0.25) is 5.88 Å². The Kier molecular flexibility index (Phi) is 5.15. The predicted octanol–water partition coefficient (Wildman–Crippen LogP) is 5.03. The van der Waals surface area contributed by atoms with Gasteiger partial charge in [0.25, 0.3) is 0 Å². The highest BCUT2D eigenvalue weighted by molar-refractivity contribution is 6.30. The van der Waals surface area contributed by atoms with Gasteiger partial charge in [-0.05, 0) is 50.8 Å². The maximum absolute atomic E-state index is 13.9. The van der Waals surface area contributed by atoms with Gasteiger partial charge in [-0.25, -0.2) is 14.2 Å². The number of hydrogen-bond acceptors (Lipinski definition) is 4. The molecular weight excluding hydrogens is 395 g/mol. The number of carbonyl (C=O) groups excluding carboxylic acids is 1. The van der Waals surface area contributed by atoms with Gasteiger partial charge in [0.1, 0.15) is 18.0 Å². The minimum atomic E-state index is -0.486. The number of likely N-dealkylation sites (tertiary alicyclic amines) is 1. The van der Waals surface area contributed by atoms with Crippen LogP contribution >= 0.6 is 11.6 Å². The van der Waals surface area contributed by atoms with Gasteiger partial charge >= 0.3 is 6.09 Å². The van der Waals surface area contributed by atoms with Gasteiger partial charge in [0.15, 0.2) is 0 Å². The van der Waals surface area contributed by atoms with E-state index < -0.39 is 11.4 Å². The first-order valence-electron chi connectivity index (χ1n) is 9.73. The van der Waals surface area contributed by atoms with Crippen molar-refractivity contribution >= 4 is 17.7 Å². The van der Waals surface area contributed by atoms with Crippen molar-refractivity contribution in [1.82, 2.24) is 9.88 Å². The Hall–Kier alpha value is -2.34. The van der Waals surface area contributed by atoms with E-state index in [4.69, 9.17) is 21.1 Å². The third kappa shape index (κ3) is 4.47. The molecule has 1 saturated heterocycles. The van der Waals surface area contributed by atoms with E-state index in [2.05, 4.69) is 4.98 Å². The molecule has 4 rings (SSSR count). The summed E-state index contributed by atoms with van der Waals surface area (Å²) in [5.41, 5.74) is 0.899. The van der Waals surface area contributed by atoms with Crippen LogP contribution in [0.5, 0.6) is 5.88 Å². The molecule has 1 aromatic carbocycles. The maximum Gasteiger partial charge on any atom is 0.410 e. The summed E-state index contributed by atoms with van der Waals surface area (Å²) in [6.45, 7) is 7.07. The number of benzene rings is 1. The summed E-state index contributed by atoms with van der Waals surface area (Å²) >= 11 is 5.78. The van der Waals surface area contributed by atoms with Gasteiger partial charge in [-0.15, -0.1) is 0 Å². The lowest BCUT2D eigenvalue weighted by Crippen LogP contribution is -2.36. The summed E-state index contributed by atoms with van der Waals surface area (Å²) < 4.78 is 25.0. The molecule has 1 aromatic heterocycles. The molecule has 7 heteroatoms. The minimum Gasteiger partial charge on any atom is -0.473 e. The van der Waals surface area contributed by atoms with Crippen molar-refractivity contribution in [3.05, 3.63) is 58.5 Å². The smallest absolute Gasteiger partial charge is 0.410 e. The zero-order valence-corrected chi connectivity index (χ0v) is 17.4. The summed E-state index contributed by atoms with van der Waals surface area (Å²) in [4.78, 5) is 18.6. The van der Waals surface area contributed by atoms with Gasteiger partial charge in [-0.3, -0.25) is 0 Å². The summed E-state index contributed by atoms with van der Waals surface area (Å²) in [6.07, 6.45) is -0.251. The molecule has 0 radical (unpaired) electrons. The van der Waals surface area contributed by atoms with E-state index in [1.807, 2.05) is 32.9 Å². The fraction of sp³-hybridized carbons (Fsp3) is 0.455. The Balaban J connectivity index is 1.35. The number of carbonyl (C=O) groups is 1. The Morgan fingerprint density at radius 3 is 2.62 bits per heavy atom. The van der Waals surface area contributed by atoms with Crippen LogP contribution in [0.25, 0.3) is 0 Å². The highest BCUT2D eigenvalue weighted by Gasteiger charge is 2.58. The highest BCUT2D eigenvalue weighted by Crippen LogP contribution is 2.57. The lowest BCUT2D eigenvalue weighted by molar-refractivity contribution is 0.0270. The molecule has 0 spiro atoms. The number of nitrogens with zero attached hydrogens (tertiary/aromatic N) is 2. The lowest BCUT2D eigenvalue weighted by atomic mass is 10.1. The van der Waals surface area contributed by atoms with E-state index in [1.165, 1.54) is 6.07 Å². The second-order valence-corrected chi connectivity index (χ2v) is 9.10. The Morgan fingerprint density at radius 1 is 1.24 bits per heavy atom. The van der Waals surface area contributed by atoms with Crippen LogP contribution in [0.1, 0.15) is 37.9 Å². The van der Waals surface area contributed by atoms with Crippen LogP contribution in [0.2, 0.25) is 5.02 Å². The molecule has 0 N–H and O–H groups in total. The number of amides is 1. The van der Waals surface area contributed by atoms with E-state index in [0.29, 0.717) is 47.3 Å². The zero-order valence-electron chi connectivity index (χ0n) is 16.7. The second kappa shape index (κ2) is 7.48. The Bertz CT molecular complexity index is 919. The fourth-order valence-corrected chi connectivity index (χ4v) is 4.09. The molecule has 2 heterocycles. The van der Waals surface area contributed by atoms with Gasteiger partial charge in [0, 0.05) is 41.4 Å². The molecule has 3 atom stereocenters. The standard InChI is InChI=1S/C22H24ClFN2O3/c1-22(2,3)29-21(27)26-10-15-16(11-26)20(15)18-5-4-6-19(25-18)28-12-13-7-8-14(23)9-17(13)24/h4-9,15-16,20H,10-12H2,1-3H3/t15-,16+,20?. The number of hydrogen-bond donors (Lipinski definition) is 0. The number of ether oxygens (including phenoxy) is 2. The van der Waals surface area contributed by atoms with Crippen LogP contribution < -0.4 is 4.74 Å². The van der Waals surface area contributed by atoms with Crippen LogP contribution in [0.4, 0.5) is 9.18 Å². The van der Waals surface area contributed by atoms with Crippen LogP contribution in [0, 0.1) is 17.7 Å². The van der Waals surface area contributed by atoms with Crippen molar-refractivity contribution in [2.24, 2.45) is 11.8 Å². The first-order chi connectivity index (χ1) is 13.7. The van der Waals surface area contributed by atoms with E-state index in [-0.39, 0.29) is 12.7 Å². The van der Waals surface area contributed by atoms with Gasteiger partial charge in [-0.2, -0.15) is 0 Å². The van der Waals surface area contributed by atoms with Gasteiger partial charge in [0.05, 0.1) is 0 Å². The molecule has 2 aromatic rings. The molecule has 1 unspecified atom stereocenters. The number of pyridine rings is 1. The normalized spacial score (nSPS) is 22.9. The third-order valence-corrected chi connectivity index (χ3v) is 5.56. The maximum atomic E-state index is 13.9. The molecule has 2 fully saturated rings. The monoisotopic (exact) mass is 418 g/mol. The first kappa shape index (κ1) is 20.0. The molecule has 5 nitrogen and oxygen atoms in total. The number of piperidine rings is 1. The molecule has 1 amide bonds. The topological polar surface area (TPSA) is 51.7 Å². The van der Waals surface area contributed by atoms with Crippen molar-refractivity contribution in [2.75, 3.05) is 13.1 Å². The van der Waals surface area contributed by atoms with E-state index in [9.17, 15) is 9.18 Å². The molecular formula is C22H24ClFN2O3. The lowest BCUT2D eigenvalue weighted by Gasteiger charge is -2.25. The van der Waals surface area contributed by atoms with E-state index in [1.54, 1.807) is 23.1 Å². The number of rotatable bonds is 4. The van der Waals surface area contributed by atoms with Crippen LogP contribution in [0.3, 0.4) is 0 Å². The number of fused-ring (bicyclic) bond motifs is 1. The van der Waals surface area contributed by atoms with Crippen molar-refractivity contribution in [1.29, 1.82) is 0 Å². The minimum absolute atomic E-state index is 0.0867. The molecule has 1 saturated carbocycles. The number of aromatic nitrogens is 1. The summed E-state index contributed by atoms with van der Waals surface area (Å²) in [7, 11) is 0.